The largest absolute Gasteiger partial charge is 0.466 e. The zero-order valence-corrected chi connectivity index (χ0v) is 9.74. The predicted molar refractivity (Wildman–Crippen MR) is 58.3 cm³/mol. The predicted octanol–water partition coefficient (Wildman–Crippen LogP) is 1.67. The number of rotatable bonds is 5. The number of ether oxygens (including phenoxy) is 1. The number of aromatic amines is 1. The van der Waals surface area contributed by atoms with Gasteiger partial charge in [0.25, 0.3) is 0 Å². The second-order valence-electron chi connectivity index (χ2n) is 3.76. The summed E-state index contributed by atoms with van der Waals surface area (Å²) in [6.07, 6.45) is 1.23. The van der Waals surface area contributed by atoms with E-state index in [1.165, 1.54) is 6.20 Å². The van der Waals surface area contributed by atoms with Crippen LogP contribution in [-0.4, -0.2) is 28.6 Å². The van der Waals surface area contributed by atoms with Gasteiger partial charge in [0.1, 0.15) is 6.42 Å². The van der Waals surface area contributed by atoms with Gasteiger partial charge in [-0.2, -0.15) is 5.10 Å². The molecule has 0 bridgehead atoms. The third-order valence-electron chi connectivity index (χ3n) is 2.16. The smallest absolute Gasteiger partial charge is 0.313 e. The van der Waals surface area contributed by atoms with Crippen molar-refractivity contribution in [2.75, 3.05) is 6.61 Å². The number of carbonyl (C=O) groups excluding carboxylic acids is 2. The van der Waals surface area contributed by atoms with E-state index in [1.54, 1.807) is 6.92 Å². The molecule has 0 radical (unpaired) electrons. The number of ketones is 1. The van der Waals surface area contributed by atoms with Crippen LogP contribution >= 0.6 is 0 Å². The Morgan fingerprint density at radius 3 is 2.75 bits per heavy atom. The molecule has 5 heteroatoms. The van der Waals surface area contributed by atoms with Crippen LogP contribution in [0.2, 0.25) is 0 Å². The molecule has 0 unspecified atom stereocenters. The number of aromatic nitrogens is 2. The van der Waals surface area contributed by atoms with Crippen LogP contribution in [0, 0.1) is 0 Å². The molecule has 16 heavy (non-hydrogen) atoms. The summed E-state index contributed by atoms with van der Waals surface area (Å²) in [6.45, 7) is 5.90. The van der Waals surface area contributed by atoms with Crippen molar-refractivity contribution in [1.82, 2.24) is 10.2 Å². The SMILES string of the molecule is CCOC(=O)CC(=O)c1cn[nH]c1C(C)C. The van der Waals surface area contributed by atoms with Crippen LogP contribution in [0.3, 0.4) is 0 Å². The van der Waals surface area contributed by atoms with E-state index in [0.717, 1.165) is 5.69 Å². The van der Waals surface area contributed by atoms with E-state index in [0.29, 0.717) is 5.56 Å². The summed E-state index contributed by atoms with van der Waals surface area (Å²) < 4.78 is 4.72. The van der Waals surface area contributed by atoms with Crippen LogP contribution in [0.5, 0.6) is 0 Å². The Morgan fingerprint density at radius 2 is 2.19 bits per heavy atom. The quantitative estimate of drug-likeness (QED) is 0.469. The molecule has 1 heterocycles. The number of hydrogen-bond acceptors (Lipinski definition) is 4. The summed E-state index contributed by atoms with van der Waals surface area (Å²) in [6, 6.07) is 0. The normalized spacial score (nSPS) is 10.5. The molecule has 0 aliphatic rings. The first kappa shape index (κ1) is 12.4. The van der Waals surface area contributed by atoms with Crippen LogP contribution in [0.4, 0.5) is 0 Å². The minimum Gasteiger partial charge on any atom is -0.466 e. The molecule has 1 aromatic rings. The topological polar surface area (TPSA) is 72.1 Å². The minimum atomic E-state index is -0.497. The Labute approximate surface area is 94.2 Å². The Bertz CT molecular complexity index is 382. The third kappa shape index (κ3) is 2.92. The summed E-state index contributed by atoms with van der Waals surface area (Å²) in [5.74, 6) is -0.581. The Hall–Kier alpha value is -1.65. The van der Waals surface area contributed by atoms with Crippen molar-refractivity contribution in [2.24, 2.45) is 0 Å². The fourth-order valence-electron chi connectivity index (χ4n) is 1.40. The number of Topliss-reactive ketones (excluding diaryl/α,β-unsaturated/α-hetero) is 1. The monoisotopic (exact) mass is 224 g/mol. The average molecular weight is 224 g/mol. The first-order valence-electron chi connectivity index (χ1n) is 5.28. The number of esters is 1. The highest BCUT2D eigenvalue weighted by molar-refractivity contribution is 6.06. The number of carbonyl (C=O) groups is 2. The van der Waals surface area contributed by atoms with Gasteiger partial charge >= 0.3 is 5.97 Å². The summed E-state index contributed by atoms with van der Waals surface area (Å²) in [7, 11) is 0. The molecule has 0 aromatic carbocycles. The van der Waals surface area contributed by atoms with Gasteiger partial charge in [-0.05, 0) is 12.8 Å². The molecule has 0 aliphatic carbocycles. The van der Waals surface area contributed by atoms with Crippen LogP contribution in [0.1, 0.15) is 49.2 Å². The number of nitrogens with one attached hydrogen (secondary N) is 1. The molecular formula is C11H16N2O3. The molecule has 88 valence electrons. The van der Waals surface area contributed by atoms with Gasteiger partial charge in [-0.1, -0.05) is 13.8 Å². The number of hydrogen-bond donors (Lipinski definition) is 1. The zero-order valence-electron chi connectivity index (χ0n) is 9.74. The van der Waals surface area contributed by atoms with Crippen molar-refractivity contribution in [3.8, 4) is 0 Å². The highest BCUT2D eigenvalue weighted by atomic mass is 16.5. The molecule has 1 N–H and O–H groups in total. The van der Waals surface area contributed by atoms with Crippen molar-refractivity contribution in [3.63, 3.8) is 0 Å². The minimum absolute atomic E-state index is 0.170. The van der Waals surface area contributed by atoms with Crippen molar-refractivity contribution in [3.05, 3.63) is 17.5 Å². The summed E-state index contributed by atoms with van der Waals surface area (Å²) in [4.78, 5) is 22.9. The molecule has 5 nitrogen and oxygen atoms in total. The van der Waals surface area contributed by atoms with Gasteiger partial charge in [0.15, 0.2) is 5.78 Å². The van der Waals surface area contributed by atoms with Gasteiger partial charge < -0.3 is 4.74 Å². The lowest BCUT2D eigenvalue weighted by molar-refractivity contribution is -0.141. The van der Waals surface area contributed by atoms with Crippen molar-refractivity contribution in [2.45, 2.75) is 33.1 Å². The molecule has 0 saturated carbocycles. The molecule has 0 amide bonds. The Balaban J connectivity index is 2.73. The van der Waals surface area contributed by atoms with Crippen LogP contribution in [-0.2, 0) is 9.53 Å². The molecule has 0 aliphatic heterocycles. The number of nitrogens with zero attached hydrogens (tertiary/aromatic N) is 1. The maximum absolute atomic E-state index is 11.8. The Morgan fingerprint density at radius 1 is 1.50 bits per heavy atom. The van der Waals surface area contributed by atoms with Crippen LogP contribution in [0.15, 0.2) is 6.20 Å². The van der Waals surface area contributed by atoms with E-state index in [4.69, 9.17) is 4.74 Å². The van der Waals surface area contributed by atoms with E-state index in [9.17, 15) is 9.59 Å². The molecule has 1 aromatic heterocycles. The van der Waals surface area contributed by atoms with E-state index < -0.39 is 5.97 Å². The van der Waals surface area contributed by atoms with Crippen molar-refractivity contribution < 1.29 is 14.3 Å². The maximum atomic E-state index is 11.8. The van der Waals surface area contributed by atoms with Crippen molar-refractivity contribution >= 4 is 11.8 Å². The summed E-state index contributed by atoms with van der Waals surface area (Å²) >= 11 is 0. The van der Waals surface area contributed by atoms with Gasteiger partial charge in [-0.15, -0.1) is 0 Å². The standard InChI is InChI=1S/C11H16N2O3/c1-4-16-10(15)5-9(14)8-6-12-13-11(8)7(2)3/h6-7H,4-5H2,1-3H3,(H,12,13). The number of H-pyrrole nitrogens is 1. The van der Waals surface area contributed by atoms with E-state index >= 15 is 0 Å². The lowest BCUT2D eigenvalue weighted by atomic mass is 10.0. The molecule has 0 spiro atoms. The molecule has 0 fully saturated rings. The van der Waals surface area contributed by atoms with E-state index in [1.807, 2.05) is 13.8 Å². The van der Waals surface area contributed by atoms with Crippen molar-refractivity contribution in [1.29, 1.82) is 0 Å². The molecule has 0 saturated heterocycles. The maximum Gasteiger partial charge on any atom is 0.313 e. The van der Waals surface area contributed by atoms with Gasteiger partial charge in [0.2, 0.25) is 0 Å². The van der Waals surface area contributed by atoms with Gasteiger partial charge in [-0.25, -0.2) is 0 Å². The lowest BCUT2D eigenvalue weighted by Gasteiger charge is -2.05. The van der Waals surface area contributed by atoms with Gasteiger partial charge in [0.05, 0.1) is 18.4 Å². The summed E-state index contributed by atoms with van der Waals surface area (Å²) in [5.41, 5.74) is 1.23. The molecule has 1 rings (SSSR count). The summed E-state index contributed by atoms with van der Waals surface area (Å²) in [5, 5.41) is 6.59. The second kappa shape index (κ2) is 5.44. The lowest BCUT2D eigenvalue weighted by Crippen LogP contribution is -2.12. The third-order valence-corrected chi connectivity index (χ3v) is 2.16. The highest BCUT2D eigenvalue weighted by Crippen LogP contribution is 2.17. The van der Waals surface area contributed by atoms with Crippen LogP contribution < -0.4 is 0 Å². The fourth-order valence-corrected chi connectivity index (χ4v) is 1.40. The first-order chi connectivity index (χ1) is 7.56. The fraction of sp³-hybridized carbons (Fsp3) is 0.545. The first-order valence-corrected chi connectivity index (χ1v) is 5.28. The van der Waals surface area contributed by atoms with Gasteiger partial charge in [-0.3, -0.25) is 14.7 Å². The Kier molecular flexibility index (Phi) is 4.22. The zero-order chi connectivity index (χ0) is 12.1. The van der Waals surface area contributed by atoms with Gasteiger partial charge in [0, 0.05) is 5.69 Å². The average Bonchev–Trinajstić information content (AvgIpc) is 2.65. The van der Waals surface area contributed by atoms with E-state index in [2.05, 4.69) is 10.2 Å². The van der Waals surface area contributed by atoms with E-state index in [-0.39, 0.29) is 24.7 Å². The highest BCUT2D eigenvalue weighted by Gasteiger charge is 2.19. The molecule has 0 atom stereocenters. The second-order valence-corrected chi connectivity index (χ2v) is 3.76. The van der Waals surface area contributed by atoms with Crippen LogP contribution in [0.25, 0.3) is 0 Å². The molecular weight excluding hydrogens is 208 g/mol.